The molecule has 3 N–H and O–H groups in total. The van der Waals surface area contributed by atoms with Gasteiger partial charge in [0, 0.05) is 0 Å². The zero-order valence-electron chi connectivity index (χ0n) is 6.04. The maximum atomic E-state index is 10.4. The summed E-state index contributed by atoms with van der Waals surface area (Å²) in [7, 11) is 0. The van der Waals surface area contributed by atoms with Crippen molar-refractivity contribution in [2.24, 2.45) is 5.73 Å². The fourth-order valence-electron chi connectivity index (χ4n) is 0.693. The summed E-state index contributed by atoms with van der Waals surface area (Å²) in [5, 5.41) is 4.02. The van der Waals surface area contributed by atoms with E-state index in [1.807, 2.05) is 18.4 Å². The quantitative estimate of drug-likeness (QED) is 0.650. The second-order valence-corrected chi connectivity index (χ2v) is 3.12. The molecule has 0 bridgehead atoms. The van der Waals surface area contributed by atoms with E-state index in [1.54, 1.807) is 0 Å². The van der Waals surface area contributed by atoms with E-state index in [4.69, 9.17) is 5.73 Å². The summed E-state index contributed by atoms with van der Waals surface area (Å²) in [6.07, 6.45) is 6.82. The van der Waals surface area contributed by atoms with Gasteiger partial charge in [-0.05, 0) is 12.6 Å². The van der Waals surface area contributed by atoms with Gasteiger partial charge in [0.05, 0.1) is 10.8 Å². The average molecular weight is 170 g/mol. The number of hydrogen-bond donors (Lipinski definition) is 2. The Morgan fingerprint density at radius 1 is 1.82 bits per heavy atom. The van der Waals surface area contributed by atoms with Crippen LogP contribution in [-0.4, -0.2) is 11.7 Å². The Morgan fingerprint density at radius 2 is 2.64 bits per heavy atom. The molecule has 0 aromatic heterocycles. The van der Waals surface area contributed by atoms with Crippen molar-refractivity contribution < 1.29 is 4.79 Å². The lowest BCUT2D eigenvalue weighted by atomic mass is 10.3. The van der Waals surface area contributed by atoms with Crippen molar-refractivity contribution in [2.75, 3.05) is 5.75 Å². The van der Waals surface area contributed by atoms with Crippen molar-refractivity contribution in [3.8, 4) is 0 Å². The van der Waals surface area contributed by atoms with Gasteiger partial charge in [-0.25, -0.2) is 0 Å². The van der Waals surface area contributed by atoms with Crippen LogP contribution in [0, 0.1) is 0 Å². The van der Waals surface area contributed by atoms with Gasteiger partial charge in [0.2, 0.25) is 5.91 Å². The summed E-state index contributed by atoms with van der Waals surface area (Å²) in [5.41, 5.74) is 4.98. The van der Waals surface area contributed by atoms with Crippen LogP contribution in [0.25, 0.3) is 0 Å². The number of primary amides is 1. The van der Waals surface area contributed by atoms with E-state index in [1.165, 1.54) is 11.8 Å². The molecule has 0 fully saturated rings. The van der Waals surface area contributed by atoms with Crippen LogP contribution >= 0.6 is 11.8 Å². The predicted molar refractivity (Wildman–Crippen MR) is 46.6 cm³/mol. The summed E-state index contributed by atoms with van der Waals surface area (Å²) >= 11 is 1.43. The first kappa shape index (κ1) is 8.20. The van der Waals surface area contributed by atoms with Crippen molar-refractivity contribution >= 4 is 17.7 Å². The van der Waals surface area contributed by atoms with Crippen LogP contribution in [0.1, 0.15) is 6.42 Å². The van der Waals surface area contributed by atoms with E-state index in [0.29, 0.717) is 5.75 Å². The van der Waals surface area contributed by atoms with E-state index < -0.39 is 0 Å². The lowest BCUT2D eigenvalue weighted by Crippen LogP contribution is -2.15. The lowest BCUT2D eigenvalue weighted by Gasteiger charge is -2.08. The van der Waals surface area contributed by atoms with Crippen molar-refractivity contribution in [3.05, 3.63) is 23.4 Å². The number of nitrogens with two attached hydrogens (primary N) is 1. The smallest absolute Gasteiger partial charge is 0.227 e. The Bertz CT molecular complexity index is 210. The molecule has 3 nitrogen and oxygen atoms in total. The second-order valence-electron chi connectivity index (χ2n) is 2.11. The molecule has 1 heterocycles. The first-order chi connectivity index (χ1) is 5.29. The van der Waals surface area contributed by atoms with Gasteiger partial charge < -0.3 is 11.1 Å². The summed E-state index contributed by atoms with van der Waals surface area (Å²) in [4.78, 5) is 10.4. The molecule has 4 heteroatoms. The molecule has 0 saturated carbocycles. The minimum absolute atomic E-state index is 0.285. The van der Waals surface area contributed by atoms with Crippen LogP contribution in [-0.2, 0) is 4.79 Å². The Hall–Kier alpha value is -0.900. The summed E-state index contributed by atoms with van der Waals surface area (Å²) in [6.45, 7) is 0. The predicted octanol–water partition coefficient (Wildman–Crippen LogP) is 0.553. The number of carbonyl (C=O) groups is 1. The van der Waals surface area contributed by atoms with Crippen LogP contribution in [0.2, 0.25) is 0 Å². The highest BCUT2D eigenvalue weighted by Gasteiger charge is 2.00. The fourth-order valence-corrected chi connectivity index (χ4v) is 1.36. The van der Waals surface area contributed by atoms with Crippen LogP contribution in [0.4, 0.5) is 0 Å². The number of carbonyl (C=O) groups excluding carboxylic acids is 1. The summed E-state index contributed by atoms with van der Waals surface area (Å²) in [5.74, 6) is 0.0550. The number of dihydropyridines is 1. The molecule has 0 atom stereocenters. The SMILES string of the molecule is NC(=O)CSC1=CCC=CN1. The van der Waals surface area contributed by atoms with Crippen molar-refractivity contribution in [1.82, 2.24) is 5.32 Å². The van der Waals surface area contributed by atoms with Gasteiger partial charge in [0.25, 0.3) is 0 Å². The molecule has 0 radical (unpaired) electrons. The molecule has 1 amide bonds. The minimum atomic E-state index is -0.285. The van der Waals surface area contributed by atoms with Crippen molar-refractivity contribution in [3.63, 3.8) is 0 Å². The standard InChI is InChI=1S/C7H10N2OS/c8-6(10)5-11-7-3-1-2-4-9-7/h2-4,9H,1,5H2,(H2,8,10). The van der Waals surface area contributed by atoms with Crippen LogP contribution in [0.3, 0.4) is 0 Å². The molecule has 1 aliphatic rings. The maximum absolute atomic E-state index is 10.4. The fraction of sp³-hybridized carbons (Fsp3) is 0.286. The Kier molecular flexibility index (Phi) is 3.04. The monoisotopic (exact) mass is 170 g/mol. The third kappa shape index (κ3) is 3.13. The van der Waals surface area contributed by atoms with Gasteiger partial charge in [-0.15, -0.1) is 0 Å². The largest absolute Gasteiger partial charge is 0.369 e. The highest BCUT2D eigenvalue weighted by atomic mass is 32.2. The van der Waals surface area contributed by atoms with Gasteiger partial charge >= 0.3 is 0 Å². The summed E-state index contributed by atoms with van der Waals surface area (Å²) in [6, 6.07) is 0. The number of thioether (sulfide) groups is 1. The van der Waals surface area contributed by atoms with Crippen LogP contribution < -0.4 is 11.1 Å². The van der Waals surface area contributed by atoms with Gasteiger partial charge in [-0.1, -0.05) is 23.9 Å². The molecule has 11 heavy (non-hydrogen) atoms. The van der Waals surface area contributed by atoms with Crippen LogP contribution in [0.15, 0.2) is 23.4 Å². The Labute approximate surface area is 69.7 Å². The van der Waals surface area contributed by atoms with Crippen molar-refractivity contribution in [2.45, 2.75) is 6.42 Å². The molecule has 0 saturated heterocycles. The first-order valence-electron chi connectivity index (χ1n) is 3.32. The lowest BCUT2D eigenvalue weighted by molar-refractivity contribution is -0.115. The minimum Gasteiger partial charge on any atom is -0.369 e. The third-order valence-corrected chi connectivity index (χ3v) is 2.18. The van der Waals surface area contributed by atoms with E-state index in [-0.39, 0.29) is 5.91 Å². The molecule has 0 aromatic rings. The van der Waals surface area contributed by atoms with E-state index in [2.05, 4.69) is 5.32 Å². The van der Waals surface area contributed by atoms with Crippen molar-refractivity contribution in [1.29, 1.82) is 0 Å². The molecule has 1 aliphatic heterocycles. The third-order valence-electron chi connectivity index (χ3n) is 1.15. The second kappa shape index (κ2) is 4.08. The zero-order chi connectivity index (χ0) is 8.10. The van der Waals surface area contributed by atoms with Gasteiger partial charge in [0.1, 0.15) is 0 Å². The molecular weight excluding hydrogens is 160 g/mol. The van der Waals surface area contributed by atoms with E-state index in [0.717, 1.165) is 11.4 Å². The molecule has 0 aromatic carbocycles. The number of hydrogen-bond acceptors (Lipinski definition) is 3. The topological polar surface area (TPSA) is 55.1 Å². The number of rotatable bonds is 3. The highest BCUT2D eigenvalue weighted by Crippen LogP contribution is 2.14. The van der Waals surface area contributed by atoms with Crippen LogP contribution in [0.5, 0.6) is 0 Å². The molecule has 0 unspecified atom stereocenters. The van der Waals surface area contributed by atoms with E-state index in [9.17, 15) is 4.79 Å². The summed E-state index contributed by atoms with van der Waals surface area (Å²) < 4.78 is 0. The molecule has 0 spiro atoms. The number of nitrogens with one attached hydrogen (secondary N) is 1. The Balaban J connectivity index is 2.26. The van der Waals surface area contributed by atoms with E-state index >= 15 is 0 Å². The van der Waals surface area contributed by atoms with Gasteiger partial charge in [-0.2, -0.15) is 0 Å². The maximum Gasteiger partial charge on any atom is 0.227 e. The first-order valence-corrected chi connectivity index (χ1v) is 4.30. The Morgan fingerprint density at radius 3 is 3.18 bits per heavy atom. The molecule has 0 aliphatic carbocycles. The number of allylic oxidation sites excluding steroid dienone is 2. The van der Waals surface area contributed by atoms with Gasteiger partial charge in [0.15, 0.2) is 0 Å². The average Bonchev–Trinajstić information content (AvgIpc) is 2.03. The molecular formula is C7H10N2OS. The highest BCUT2D eigenvalue weighted by molar-refractivity contribution is 8.03. The molecule has 60 valence electrons. The molecule has 1 rings (SSSR count). The van der Waals surface area contributed by atoms with Gasteiger partial charge in [-0.3, -0.25) is 4.79 Å². The number of amides is 1. The normalized spacial score (nSPS) is 15.5. The zero-order valence-corrected chi connectivity index (χ0v) is 6.86.